The maximum Gasteiger partial charge on any atom is 0.378 e. The highest BCUT2D eigenvalue weighted by Crippen LogP contribution is 2.18. The van der Waals surface area contributed by atoms with Gasteiger partial charge < -0.3 is 18.7 Å². The Balaban J connectivity index is 3.25. The molecule has 0 atom stereocenters. The average Bonchev–Trinajstić information content (AvgIpc) is 2.83. The molecule has 104 valence electrons. The summed E-state index contributed by atoms with van der Waals surface area (Å²) in [5.41, 5.74) is -0.823. The number of hydrogen-bond donors (Lipinski definition) is 0. The monoisotopic (exact) mass is 271 g/mol. The summed E-state index contributed by atoms with van der Waals surface area (Å²) in [7, 11) is 1.11. The van der Waals surface area contributed by atoms with Gasteiger partial charge in [0.25, 0.3) is 5.76 Å². The fourth-order valence-electron chi connectivity index (χ4n) is 1.25. The van der Waals surface area contributed by atoms with Crippen LogP contribution in [0.25, 0.3) is 0 Å². The number of carbonyl (C=O) groups excluding carboxylic acids is 3. The van der Waals surface area contributed by atoms with E-state index in [1.165, 1.54) is 0 Å². The summed E-state index contributed by atoms with van der Waals surface area (Å²) in [6, 6.07) is 0. The Morgan fingerprint density at radius 1 is 1.05 bits per heavy atom. The maximum atomic E-state index is 11.7. The van der Waals surface area contributed by atoms with Gasteiger partial charge in [0, 0.05) is 0 Å². The van der Waals surface area contributed by atoms with Crippen molar-refractivity contribution in [1.29, 1.82) is 0 Å². The van der Waals surface area contributed by atoms with Crippen molar-refractivity contribution in [2.75, 3.05) is 20.3 Å². The third kappa shape index (κ3) is 3.09. The minimum absolute atomic E-state index is 0.0624. The largest absolute Gasteiger partial charge is 0.464 e. The van der Waals surface area contributed by atoms with E-state index in [0.717, 1.165) is 7.11 Å². The number of rotatable bonds is 5. The topological polar surface area (TPSA) is 105 Å². The number of methoxy groups -OCH3 is 1. The highest BCUT2D eigenvalue weighted by Gasteiger charge is 2.33. The van der Waals surface area contributed by atoms with E-state index in [0.29, 0.717) is 0 Å². The summed E-state index contributed by atoms with van der Waals surface area (Å²) in [5.74, 6) is -3.22. The maximum absolute atomic E-state index is 11.7. The van der Waals surface area contributed by atoms with E-state index < -0.39 is 34.9 Å². The Hall–Kier alpha value is -2.38. The fourth-order valence-corrected chi connectivity index (χ4v) is 1.25. The second-order valence-corrected chi connectivity index (χ2v) is 3.17. The predicted molar refractivity (Wildman–Crippen MR) is 59.8 cm³/mol. The first-order valence-electron chi connectivity index (χ1n) is 5.48. The van der Waals surface area contributed by atoms with Gasteiger partial charge >= 0.3 is 17.9 Å². The van der Waals surface area contributed by atoms with Crippen LogP contribution in [0.2, 0.25) is 0 Å². The van der Waals surface area contributed by atoms with E-state index in [1.54, 1.807) is 13.8 Å². The van der Waals surface area contributed by atoms with Gasteiger partial charge in [-0.2, -0.15) is 0 Å². The van der Waals surface area contributed by atoms with Crippen molar-refractivity contribution in [3.05, 3.63) is 17.0 Å². The molecular weight excluding hydrogens is 258 g/mol. The Labute approximate surface area is 108 Å². The molecule has 0 aliphatic carbocycles. The lowest BCUT2D eigenvalue weighted by Crippen LogP contribution is -2.16. The number of carbonyl (C=O) groups is 3. The van der Waals surface area contributed by atoms with E-state index in [9.17, 15) is 14.4 Å². The summed E-state index contributed by atoms with van der Waals surface area (Å²) in [5, 5.41) is 3.34. The molecule has 1 aromatic heterocycles. The van der Waals surface area contributed by atoms with E-state index >= 15 is 0 Å². The second-order valence-electron chi connectivity index (χ2n) is 3.17. The minimum Gasteiger partial charge on any atom is -0.464 e. The van der Waals surface area contributed by atoms with Gasteiger partial charge in [0.15, 0.2) is 0 Å². The van der Waals surface area contributed by atoms with Crippen LogP contribution in [0.15, 0.2) is 4.52 Å². The lowest BCUT2D eigenvalue weighted by molar-refractivity contribution is 0.0444. The summed E-state index contributed by atoms with van der Waals surface area (Å²) in [4.78, 5) is 34.8. The van der Waals surface area contributed by atoms with Gasteiger partial charge in [0.1, 0.15) is 5.56 Å². The standard InChI is InChI=1S/C11H13NO7/c1-4-17-9(13)6-7(10(14)16-3)12-19-8(6)11(15)18-5-2/h4-5H2,1-3H3. The first-order valence-corrected chi connectivity index (χ1v) is 5.48. The minimum atomic E-state index is -0.914. The molecule has 0 aliphatic rings. The summed E-state index contributed by atoms with van der Waals surface area (Å²) in [6.07, 6.45) is 0. The van der Waals surface area contributed by atoms with Crippen LogP contribution in [0.4, 0.5) is 0 Å². The number of esters is 3. The smallest absolute Gasteiger partial charge is 0.378 e. The number of aromatic nitrogens is 1. The van der Waals surface area contributed by atoms with Crippen molar-refractivity contribution in [1.82, 2.24) is 5.16 Å². The van der Waals surface area contributed by atoms with Crippen LogP contribution in [0, 0.1) is 0 Å². The molecule has 0 bridgehead atoms. The van der Waals surface area contributed by atoms with Crippen molar-refractivity contribution >= 4 is 17.9 Å². The number of nitrogens with zero attached hydrogens (tertiary/aromatic N) is 1. The third-order valence-electron chi connectivity index (χ3n) is 2.01. The van der Waals surface area contributed by atoms with Crippen LogP contribution in [0.5, 0.6) is 0 Å². The Morgan fingerprint density at radius 3 is 2.16 bits per heavy atom. The molecule has 1 rings (SSSR count). The van der Waals surface area contributed by atoms with Crippen molar-refractivity contribution in [2.45, 2.75) is 13.8 Å². The molecule has 0 radical (unpaired) electrons. The number of ether oxygens (including phenoxy) is 3. The Morgan fingerprint density at radius 2 is 1.63 bits per heavy atom. The highest BCUT2D eigenvalue weighted by molar-refractivity contribution is 6.08. The molecule has 0 spiro atoms. The zero-order chi connectivity index (χ0) is 14.4. The molecule has 0 amide bonds. The quantitative estimate of drug-likeness (QED) is 0.572. The van der Waals surface area contributed by atoms with Crippen molar-refractivity contribution in [3.63, 3.8) is 0 Å². The van der Waals surface area contributed by atoms with E-state index in [2.05, 4.69) is 14.4 Å². The van der Waals surface area contributed by atoms with Crippen LogP contribution in [0.1, 0.15) is 45.2 Å². The van der Waals surface area contributed by atoms with Gasteiger partial charge in [-0.05, 0) is 13.8 Å². The molecule has 1 aromatic rings. The van der Waals surface area contributed by atoms with Crippen LogP contribution in [-0.4, -0.2) is 43.4 Å². The predicted octanol–water partition coefficient (Wildman–Crippen LogP) is 0.815. The van der Waals surface area contributed by atoms with Crippen LogP contribution in [0.3, 0.4) is 0 Å². The van der Waals surface area contributed by atoms with Crippen molar-refractivity contribution < 1.29 is 33.1 Å². The molecule has 0 unspecified atom stereocenters. The molecular formula is C11H13NO7. The molecule has 0 fully saturated rings. The van der Waals surface area contributed by atoms with Crippen LogP contribution < -0.4 is 0 Å². The van der Waals surface area contributed by atoms with Crippen molar-refractivity contribution in [2.24, 2.45) is 0 Å². The van der Waals surface area contributed by atoms with E-state index in [4.69, 9.17) is 9.47 Å². The first kappa shape index (κ1) is 14.7. The lowest BCUT2D eigenvalue weighted by Gasteiger charge is -2.02. The lowest BCUT2D eigenvalue weighted by atomic mass is 10.2. The molecule has 0 aromatic carbocycles. The van der Waals surface area contributed by atoms with Gasteiger partial charge in [-0.25, -0.2) is 14.4 Å². The Bertz CT molecular complexity index is 491. The second kappa shape index (κ2) is 6.53. The summed E-state index contributed by atoms with van der Waals surface area (Å²) in [6.45, 7) is 3.30. The third-order valence-corrected chi connectivity index (χ3v) is 2.01. The van der Waals surface area contributed by atoms with E-state index in [1.807, 2.05) is 0 Å². The summed E-state index contributed by atoms with van der Waals surface area (Å²) < 4.78 is 18.5. The van der Waals surface area contributed by atoms with Gasteiger partial charge in [0.2, 0.25) is 5.69 Å². The molecule has 0 aliphatic heterocycles. The Kier molecular flexibility index (Phi) is 5.04. The van der Waals surface area contributed by atoms with Crippen molar-refractivity contribution in [3.8, 4) is 0 Å². The van der Waals surface area contributed by atoms with Gasteiger partial charge in [-0.3, -0.25) is 0 Å². The molecule has 19 heavy (non-hydrogen) atoms. The number of hydrogen-bond acceptors (Lipinski definition) is 8. The molecule has 0 saturated heterocycles. The summed E-state index contributed by atoms with van der Waals surface area (Å²) >= 11 is 0. The van der Waals surface area contributed by atoms with Gasteiger partial charge in [-0.15, -0.1) is 0 Å². The molecule has 8 nitrogen and oxygen atoms in total. The molecule has 0 saturated carbocycles. The first-order chi connectivity index (χ1) is 9.06. The van der Waals surface area contributed by atoms with Crippen LogP contribution >= 0.6 is 0 Å². The average molecular weight is 271 g/mol. The normalized spacial score (nSPS) is 9.84. The molecule has 8 heteroatoms. The highest BCUT2D eigenvalue weighted by atomic mass is 16.6. The molecule has 1 heterocycles. The zero-order valence-electron chi connectivity index (χ0n) is 10.7. The van der Waals surface area contributed by atoms with E-state index in [-0.39, 0.29) is 13.2 Å². The van der Waals surface area contributed by atoms with Gasteiger partial charge in [-0.1, -0.05) is 5.16 Å². The fraction of sp³-hybridized carbons (Fsp3) is 0.455. The van der Waals surface area contributed by atoms with Crippen LogP contribution in [-0.2, 0) is 14.2 Å². The zero-order valence-corrected chi connectivity index (χ0v) is 10.7. The SMILES string of the molecule is CCOC(=O)c1onc(C(=O)OC)c1C(=O)OCC. The molecule has 0 N–H and O–H groups in total. The van der Waals surface area contributed by atoms with Gasteiger partial charge in [0.05, 0.1) is 20.3 Å².